The van der Waals surface area contributed by atoms with Crippen LogP contribution in [0.1, 0.15) is 23.4 Å². The summed E-state index contributed by atoms with van der Waals surface area (Å²) in [5.41, 5.74) is 4.97. The average Bonchev–Trinajstić information content (AvgIpc) is 2.72. The molecular weight excluding hydrogens is 336 g/mol. The Morgan fingerprint density at radius 3 is 2.63 bits per heavy atom. The van der Waals surface area contributed by atoms with Gasteiger partial charge in [0, 0.05) is 28.7 Å². The van der Waals surface area contributed by atoms with Crippen LogP contribution in [0.3, 0.4) is 0 Å². The van der Waals surface area contributed by atoms with E-state index in [9.17, 15) is 5.11 Å². The van der Waals surface area contributed by atoms with Crippen LogP contribution in [-0.4, -0.2) is 21.3 Å². The lowest BCUT2D eigenvalue weighted by Crippen LogP contribution is -2.00. The predicted octanol–water partition coefficient (Wildman–Crippen LogP) is 4.50. The molecule has 0 aliphatic rings. The van der Waals surface area contributed by atoms with Crippen molar-refractivity contribution < 1.29 is 5.11 Å². The van der Waals surface area contributed by atoms with E-state index in [1.165, 1.54) is 6.21 Å². The highest BCUT2D eigenvalue weighted by Crippen LogP contribution is 2.26. The number of nitrogens with zero attached hydrogens (tertiary/aromatic N) is 2. The minimum absolute atomic E-state index is 0.117. The van der Waals surface area contributed by atoms with E-state index in [2.05, 4.69) is 16.9 Å². The van der Waals surface area contributed by atoms with Crippen LogP contribution >= 0.6 is 0 Å². The molecule has 27 heavy (non-hydrogen) atoms. The topological polar surface area (TPSA) is 81.9 Å². The first-order valence-corrected chi connectivity index (χ1v) is 8.79. The van der Waals surface area contributed by atoms with E-state index in [0.717, 1.165) is 41.0 Å². The zero-order valence-corrected chi connectivity index (χ0v) is 15.0. The van der Waals surface area contributed by atoms with Crippen molar-refractivity contribution in [2.24, 2.45) is 0 Å². The number of allylic oxidation sites excluding steroid dienone is 1. The van der Waals surface area contributed by atoms with E-state index < -0.39 is 0 Å². The number of aliphatic hydroxyl groups excluding tert-OH is 1. The Balaban J connectivity index is 1.93. The molecule has 0 atom stereocenters. The lowest BCUT2D eigenvalue weighted by Gasteiger charge is -2.12. The van der Waals surface area contributed by atoms with Gasteiger partial charge in [-0.1, -0.05) is 30.3 Å². The van der Waals surface area contributed by atoms with Gasteiger partial charge in [0.1, 0.15) is 5.82 Å². The molecule has 3 N–H and O–H groups in total. The van der Waals surface area contributed by atoms with E-state index in [1.54, 1.807) is 6.07 Å². The van der Waals surface area contributed by atoms with Gasteiger partial charge in [-0.3, -0.25) is 4.98 Å². The number of nitrogens with one attached hydrogen (secondary N) is 2. The first kappa shape index (κ1) is 18.5. The van der Waals surface area contributed by atoms with Gasteiger partial charge in [0.05, 0.1) is 18.0 Å². The highest BCUT2D eigenvalue weighted by atomic mass is 16.3. The third-order valence-corrected chi connectivity index (χ3v) is 4.15. The molecule has 0 amide bonds. The zero-order chi connectivity index (χ0) is 19.1. The van der Waals surface area contributed by atoms with Crippen molar-refractivity contribution in [3.05, 3.63) is 84.2 Å². The number of aromatic nitrogens is 2. The fraction of sp³-hybridized carbons (Fsp3) is 0.136. The SMILES string of the molecule is C=CCCc1cccc(-c2ccc(C=N)c(Nc3cccc(CO)n3)c2)n1. The molecule has 0 saturated heterocycles. The van der Waals surface area contributed by atoms with E-state index in [0.29, 0.717) is 11.5 Å². The first-order chi connectivity index (χ1) is 13.2. The van der Waals surface area contributed by atoms with E-state index in [-0.39, 0.29) is 6.61 Å². The fourth-order valence-electron chi connectivity index (χ4n) is 2.75. The summed E-state index contributed by atoms with van der Waals surface area (Å²) in [7, 11) is 0. The van der Waals surface area contributed by atoms with Crippen LogP contribution in [0.4, 0.5) is 11.5 Å². The van der Waals surface area contributed by atoms with Gasteiger partial charge in [-0.25, -0.2) is 4.98 Å². The van der Waals surface area contributed by atoms with Crippen LogP contribution in [0.5, 0.6) is 0 Å². The zero-order valence-electron chi connectivity index (χ0n) is 15.0. The van der Waals surface area contributed by atoms with Crippen LogP contribution in [0, 0.1) is 5.41 Å². The summed E-state index contributed by atoms with van der Waals surface area (Å²) in [5, 5.41) is 20.2. The number of rotatable bonds is 8. The molecule has 1 aromatic carbocycles. The van der Waals surface area contributed by atoms with E-state index in [1.807, 2.05) is 54.6 Å². The van der Waals surface area contributed by atoms with Gasteiger partial charge in [-0.2, -0.15) is 0 Å². The molecule has 2 heterocycles. The van der Waals surface area contributed by atoms with Crippen molar-refractivity contribution in [2.45, 2.75) is 19.4 Å². The van der Waals surface area contributed by atoms with Gasteiger partial charge in [0.15, 0.2) is 0 Å². The lowest BCUT2D eigenvalue weighted by atomic mass is 10.1. The predicted molar refractivity (Wildman–Crippen MR) is 110 cm³/mol. The van der Waals surface area contributed by atoms with Crippen LogP contribution in [0.2, 0.25) is 0 Å². The van der Waals surface area contributed by atoms with Crippen molar-refractivity contribution >= 4 is 17.7 Å². The number of hydrogen-bond donors (Lipinski definition) is 3. The normalized spacial score (nSPS) is 10.4. The van der Waals surface area contributed by atoms with Crippen LogP contribution in [0.15, 0.2) is 67.3 Å². The number of benzene rings is 1. The van der Waals surface area contributed by atoms with Gasteiger partial charge in [-0.05, 0) is 43.2 Å². The smallest absolute Gasteiger partial charge is 0.130 e. The minimum atomic E-state index is -0.117. The number of pyridine rings is 2. The van der Waals surface area contributed by atoms with Crippen LogP contribution < -0.4 is 5.32 Å². The molecule has 0 fully saturated rings. The average molecular weight is 358 g/mol. The number of hydrogen-bond acceptors (Lipinski definition) is 5. The second-order valence-corrected chi connectivity index (χ2v) is 6.09. The number of anilines is 2. The summed E-state index contributed by atoms with van der Waals surface area (Å²) in [6, 6.07) is 17.2. The molecular formula is C22H22N4O. The third kappa shape index (κ3) is 4.65. The Morgan fingerprint density at radius 2 is 1.85 bits per heavy atom. The second-order valence-electron chi connectivity index (χ2n) is 6.09. The quantitative estimate of drug-likeness (QED) is 0.409. The van der Waals surface area contributed by atoms with Crippen molar-refractivity contribution in [2.75, 3.05) is 5.32 Å². The first-order valence-electron chi connectivity index (χ1n) is 8.79. The van der Waals surface area contributed by atoms with Crippen LogP contribution in [-0.2, 0) is 13.0 Å². The van der Waals surface area contributed by atoms with Gasteiger partial charge in [0.25, 0.3) is 0 Å². The second kappa shape index (κ2) is 8.87. The Labute approximate surface area is 159 Å². The van der Waals surface area contributed by atoms with Crippen molar-refractivity contribution in [1.82, 2.24) is 9.97 Å². The monoisotopic (exact) mass is 358 g/mol. The summed E-state index contributed by atoms with van der Waals surface area (Å²) in [4.78, 5) is 9.08. The van der Waals surface area contributed by atoms with Gasteiger partial charge < -0.3 is 15.8 Å². The Kier molecular flexibility index (Phi) is 6.07. The van der Waals surface area contributed by atoms with Gasteiger partial charge in [-0.15, -0.1) is 6.58 Å². The maximum absolute atomic E-state index is 9.27. The summed E-state index contributed by atoms with van der Waals surface area (Å²) >= 11 is 0. The summed E-state index contributed by atoms with van der Waals surface area (Å²) in [6.45, 7) is 3.64. The number of aliphatic hydroxyl groups is 1. The third-order valence-electron chi connectivity index (χ3n) is 4.15. The van der Waals surface area contributed by atoms with Crippen molar-refractivity contribution in [1.29, 1.82) is 5.41 Å². The Hall–Kier alpha value is -3.31. The molecule has 0 aliphatic heterocycles. The summed E-state index contributed by atoms with van der Waals surface area (Å²) in [5.74, 6) is 0.620. The van der Waals surface area contributed by atoms with E-state index >= 15 is 0 Å². The summed E-state index contributed by atoms with van der Waals surface area (Å²) in [6.07, 6.45) is 4.94. The number of aryl methyl sites for hydroxylation is 1. The molecule has 136 valence electrons. The largest absolute Gasteiger partial charge is 0.390 e. The standard InChI is InChI=1S/C22H22N4O/c1-2-3-6-18-7-4-9-20(24-18)16-11-12-17(14-23)21(13-16)26-22-10-5-8-19(15-27)25-22/h2,4-5,7-14,23,27H,1,3,6,15H2,(H,25,26). The Morgan fingerprint density at radius 1 is 1.04 bits per heavy atom. The van der Waals surface area contributed by atoms with Crippen LogP contribution in [0.25, 0.3) is 11.3 Å². The molecule has 0 saturated carbocycles. The maximum atomic E-state index is 9.27. The summed E-state index contributed by atoms with van der Waals surface area (Å²) < 4.78 is 0. The molecule has 0 bridgehead atoms. The molecule has 0 aliphatic carbocycles. The molecule has 3 rings (SSSR count). The fourth-order valence-corrected chi connectivity index (χ4v) is 2.75. The van der Waals surface area contributed by atoms with Crippen molar-refractivity contribution in [3.63, 3.8) is 0 Å². The van der Waals surface area contributed by atoms with Gasteiger partial charge >= 0.3 is 0 Å². The van der Waals surface area contributed by atoms with Crippen molar-refractivity contribution in [3.8, 4) is 11.3 Å². The molecule has 5 nitrogen and oxygen atoms in total. The molecule has 2 aromatic heterocycles. The molecule has 0 spiro atoms. The lowest BCUT2D eigenvalue weighted by molar-refractivity contribution is 0.277. The maximum Gasteiger partial charge on any atom is 0.130 e. The van der Waals surface area contributed by atoms with Gasteiger partial charge in [0.2, 0.25) is 0 Å². The molecule has 0 radical (unpaired) electrons. The highest BCUT2D eigenvalue weighted by molar-refractivity contribution is 5.89. The highest BCUT2D eigenvalue weighted by Gasteiger charge is 2.07. The molecule has 0 unspecified atom stereocenters. The molecule has 5 heteroatoms. The Bertz CT molecular complexity index is 953. The minimum Gasteiger partial charge on any atom is -0.390 e. The van der Waals surface area contributed by atoms with E-state index in [4.69, 9.17) is 10.4 Å². The molecule has 3 aromatic rings.